The largest absolute Gasteiger partial charge is 0.416 e. The Bertz CT molecular complexity index is 463. The molecular weight excluding hydrogens is 252 g/mol. The molecule has 1 aliphatic rings. The zero-order valence-electron chi connectivity index (χ0n) is 9.17. The van der Waals surface area contributed by atoms with Gasteiger partial charge in [-0.3, -0.25) is 4.79 Å². The molecule has 1 fully saturated rings. The van der Waals surface area contributed by atoms with Gasteiger partial charge in [-0.1, -0.05) is 0 Å². The van der Waals surface area contributed by atoms with Crippen molar-refractivity contribution in [1.29, 1.82) is 0 Å². The molecule has 98 valence electrons. The molecule has 1 aromatic carbocycles. The summed E-state index contributed by atoms with van der Waals surface area (Å²) in [6, 6.07) is 4.31. The number of carbonyl (C=O) groups is 1. The lowest BCUT2D eigenvalue weighted by atomic mass is 9.94. The van der Waals surface area contributed by atoms with Gasteiger partial charge in [-0.05, 0) is 24.3 Å². The van der Waals surface area contributed by atoms with Crippen molar-refractivity contribution in [3.63, 3.8) is 0 Å². The van der Waals surface area contributed by atoms with Crippen LogP contribution in [0.2, 0.25) is 0 Å². The number of hydrogen-bond acceptors (Lipinski definition) is 2. The van der Waals surface area contributed by atoms with E-state index in [0.717, 1.165) is 12.1 Å². The molecule has 1 aromatic rings. The van der Waals surface area contributed by atoms with E-state index >= 15 is 0 Å². The predicted octanol–water partition coefficient (Wildman–Crippen LogP) is 1.72. The molecule has 1 amide bonds. The van der Waals surface area contributed by atoms with Gasteiger partial charge in [0.2, 0.25) is 5.67 Å². The standard InChI is InChI=1S/C11H10F4N2O/c12-10(9(16)18)5-17(6-10)8-3-1-7(2-4-8)11(13,14)15/h1-4H,5-6H2,(H2,16,18). The monoisotopic (exact) mass is 262 g/mol. The first kappa shape index (κ1) is 12.7. The topological polar surface area (TPSA) is 46.3 Å². The van der Waals surface area contributed by atoms with Gasteiger partial charge in [0, 0.05) is 5.69 Å². The zero-order chi connectivity index (χ0) is 13.6. The van der Waals surface area contributed by atoms with E-state index in [2.05, 4.69) is 0 Å². The Morgan fingerprint density at radius 2 is 1.72 bits per heavy atom. The third kappa shape index (κ3) is 2.12. The molecule has 1 heterocycles. The molecule has 0 unspecified atom stereocenters. The molecule has 1 saturated heterocycles. The van der Waals surface area contributed by atoms with Crippen molar-refractivity contribution < 1.29 is 22.4 Å². The second-order valence-corrected chi connectivity index (χ2v) is 4.23. The summed E-state index contributed by atoms with van der Waals surface area (Å²) >= 11 is 0. The molecule has 1 aliphatic heterocycles. The fourth-order valence-electron chi connectivity index (χ4n) is 1.76. The molecule has 0 spiro atoms. The molecule has 0 aliphatic carbocycles. The third-order valence-corrected chi connectivity index (χ3v) is 2.88. The molecular formula is C11H10F4N2O. The van der Waals surface area contributed by atoms with Crippen molar-refractivity contribution in [3.8, 4) is 0 Å². The molecule has 2 rings (SSSR count). The van der Waals surface area contributed by atoms with E-state index < -0.39 is 23.3 Å². The van der Waals surface area contributed by atoms with Gasteiger partial charge in [0.05, 0.1) is 18.7 Å². The van der Waals surface area contributed by atoms with Crippen molar-refractivity contribution >= 4 is 11.6 Å². The molecule has 3 nitrogen and oxygen atoms in total. The van der Waals surface area contributed by atoms with Crippen LogP contribution in [0.1, 0.15) is 5.56 Å². The molecule has 0 aromatic heterocycles. The number of nitrogens with zero attached hydrogens (tertiary/aromatic N) is 1. The van der Waals surface area contributed by atoms with Crippen LogP contribution in [-0.4, -0.2) is 24.7 Å². The van der Waals surface area contributed by atoms with Gasteiger partial charge in [-0.15, -0.1) is 0 Å². The van der Waals surface area contributed by atoms with Crippen LogP contribution in [0.25, 0.3) is 0 Å². The van der Waals surface area contributed by atoms with E-state index in [0.29, 0.717) is 5.69 Å². The summed E-state index contributed by atoms with van der Waals surface area (Å²) in [4.78, 5) is 12.2. The van der Waals surface area contributed by atoms with Crippen molar-refractivity contribution in [1.82, 2.24) is 0 Å². The lowest BCUT2D eigenvalue weighted by Gasteiger charge is -2.43. The fraction of sp³-hybridized carbons (Fsp3) is 0.364. The quantitative estimate of drug-likeness (QED) is 0.825. The van der Waals surface area contributed by atoms with Crippen LogP contribution in [0.5, 0.6) is 0 Å². The van der Waals surface area contributed by atoms with E-state index in [1.54, 1.807) is 0 Å². The number of hydrogen-bond donors (Lipinski definition) is 1. The second kappa shape index (κ2) is 3.86. The molecule has 0 bridgehead atoms. The van der Waals surface area contributed by atoms with Gasteiger partial charge >= 0.3 is 6.18 Å². The molecule has 2 N–H and O–H groups in total. The van der Waals surface area contributed by atoms with Gasteiger partial charge in [-0.25, -0.2) is 4.39 Å². The molecule has 0 radical (unpaired) electrons. The average molecular weight is 262 g/mol. The summed E-state index contributed by atoms with van der Waals surface area (Å²) in [5, 5.41) is 0. The van der Waals surface area contributed by atoms with E-state index in [9.17, 15) is 22.4 Å². The Morgan fingerprint density at radius 3 is 2.11 bits per heavy atom. The second-order valence-electron chi connectivity index (χ2n) is 4.23. The number of halogens is 4. The Labute approximate surface area is 100 Å². The number of benzene rings is 1. The first-order valence-corrected chi connectivity index (χ1v) is 5.13. The molecule has 18 heavy (non-hydrogen) atoms. The van der Waals surface area contributed by atoms with Crippen molar-refractivity contribution in [2.45, 2.75) is 11.8 Å². The summed E-state index contributed by atoms with van der Waals surface area (Å²) < 4.78 is 50.5. The van der Waals surface area contributed by atoms with Crippen LogP contribution in [-0.2, 0) is 11.0 Å². The summed E-state index contributed by atoms with van der Waals surface area (Å²) in [5.74, 6) is -1.05. The Balaban J connectivity index is 2.08. The number of nitrogens with two attached hydrogens (primary N) is 1. The Hall–Kier alpha value is -1.79. The van der Waals surface area contributed by atoms with Gasteiger partial charge in [0.25, 0.3) is 5.91 Å². The summed E-state index contributed by atoms with van der Waals surface area (Å²) in [6.07, 6.45) is -4.40. The summed E-state index contributed by atoms with van der Waals surface area (Å²) in [6.45, 7) is -0.457. The van der Waals surface area contributed by atoms with Crippen LogP contribution in [0.15, 0.2) is 24.3 Å². The lowest BCUT2D eigenvalue weighted by molar-refractivity contribution is -0.137. The minimum Gasteiger partial charge on any atom is -0.367 e. The SMILES string of the molecule is NC(=O)C1(F)CN(c2ccc(C(F)(F)F)cc2)C1. The highest BCUT2D eigenvalue weighted by molar-refractivity contribution is 5.87. The minimum atomic E-state index is -4.40. The van der Waals surface area contributed by atoms with Crippen molar-refractivity contribution in [3.05, 3.63) is 29.8 Å². The number of rotatable bonds is 2. The summed E-state index contributed by atoms with van der Waals surface area (Å²) in [7, 11) is 0. The Morgan fingerprint density at radius 1 is 1.22 bits per heavy atom. The highest BCUT2D eigenvalue weighted by Crippen LogP contribution is 2.34. The van der Waals surface area contributed by atoms with Crippen LogP contribution < -0.4 is 10.6 Å². The predicted molar refractivity (Wildman–Crippen MR) is 56.7 cm³/mol. The van der Waals surface area contributed by atoms with Gasteiger partial charge in [0.15, 0.2) is 0 Å². The Kier molecular flexibility index (Phi) is 2.71. The minimum absolute atomic E-state index is 0.228. The maximum absolute atomic E-state index is 13.5. The normalized spacial score (nSPS) is 18.3. The van der Waals surface area contributed by atoms with Crippen LogP contribution in [0, 0.1) is 0 Å². The van der Waals surface area contributed by atoms with Gasteiger partial charge in [0.1, 0.15) is 0 Å². The number of anilines is 1. The number of alkyl halides is 4. The molecule has 7 heteroatoms. The number of amides is 1. The highest BCUT2D eigenvalue weighted by atomic mass is 19.4. The van der Waals surface area contributed by atoms with E-state index in [1.165, 1.54) is 17.0 Å². The molecule has 0 saturated carbocycles. The van der Waals surface area contributed by atoms with Crippen molar-refractivity contribution in [2.75, 3.05) is 18.0 Å². The van der Waals surface area contributed by atoms with Gasteiger partial charge in [-0.2, -0.15) is 13.2 Å². The lowest BCUT2D eigenvalue weighted by Crippen LogP contribution is -2.65. The van der Waals surface area contributed by atoms with Crippen LogP contribution in [0.3, 0.4) is 0 Å². The maximum atomic E-state index is 13.5. The fourth-order valence-corrected chi connectivity index (χ4v) is 1.76. The van der Waals surface area contributed by atoms with E-state index in [4.69, 9.17) is 5.73 Å². The van der Waals surface area contributed by atoms with Crippen molar-refractivity contribution in [2.24, 2.45) is 5.73 Å². The third-order valence-electron chi connectivity index (χ3n) is 2.88. The first-order chi connectivity index (χ1) is 8.22. The number of primary amides is 1. The van der Waals surface area contributed by atoms with E-state index in [-0.39, 0.29) is 13.1 Å². The molecule has 0 atom stereocenters. The maximum Gasteiger partial charge on any atom is 0.416 e. The van der Waals surface area contributed by atoms with Gasteiger partial charge < -0.3 is 10.6 Å². The van der Waals surface area contributed by atoms with Crippen LogP contribution >= 0.6 is 0 Å². The first-order valence-electron chi connectivity index (χ1n) is 5.13. The smallest absolute Gasteiger partial charge is 0.367 e. The van der Waals surface area contributed by atoms with E-state index in [1.807, 2.05) is 0 Å². The average Bonchev–Trinajstić information content (AvgIpc) is 2.23. The zero-order valence-corrected chi connectivity index (χ0v) is 9.17. The highest BCUT2D eigenvalue weighted by Gasteiger charge is 2.49. The number of carbonyl (C=O) groups excluding carboxylic acids is 1. The summed E-state index contributed by atoms with van der Waals surface area (Å²) in [5.41, 5.74) is 2.44. The van der Waals surface area contributed by atoms with Crippen LogP contribution in [0.4, 0.5) is 23.2 Å².